The van der Waals surface area contributed by atoms with Gasteiger partial charge in [-0.3, -0.25) is 0 Å². The van der Waals surface area contributed by atoms with Crippen molar-refractivity contribution in [3.05, 3.63) is 48.0 Å². The lowest BCUT2D eigenvalue weighted by molar-refractivity contribution is 0.295. The molecule has 3 rings (SSSR count). The molecule has 0 saturated carbocycles. The Kier molecular flexibility index (Phi) is 3.51. The monoisotopic (exact) mass is 257 g/mol. The van der Waals surface area contributed by atoms with Gasteiger partial charge in [-0.05, 0) is 37.1 Å². The lowest BCUT2D eigenvalue weighted by atomic mass is 10.1. The van der Waals surface area contributed by atoms with Crippen LogP contribution in [0.5, 0.6) is 5.75 Å². The molecule has 0 radical (unpaired) electrons. The molecule has 4 nitrogen and oxygen atoms in total. The highest BCUT2D eigenvalue weighted by molar-refractivity contribution is 5.45. The molecule has 1 aliphatic rings. The Morgan fingerprint density at radius 3 is 3.21 bits per heavy atom. The highest BCUT2D eigenvalue weighted by Gasteiger charge is 2.23. The largest absolute Gasteiger partial charge is 0.491 e. The minimum Gasteiger partial charge on any atom is -0.491 e. The minimum atomic E-state index is 0.479. The number of fused-ring (bicyclic) bond motifs is 1. The normalized spacial score (nSPS) is 17.4. The first kappa shape index (κ1) is 12.2. The van der Waals surface area contributed by atoms with Gasteiger partial charge in [0.05, 0.1) is 12.9 Å². The molecule has 0 aliphatic heterocycles. The number of nitrogens with zero attached hydrogens (tertiary/aromatic N) is 2. The zero-order valence-electron chi connectivity index (χ0n) is 11.2. The second-order valence-electron chi connectivity index (χ2n) is 4.85. The molecule has 1 unspecified atom stereocenters. The molecule has 1 N–H and O–H groups in total. The van der Waals surface area contributed by atoms with Crippen LogP contribution in [0.3, 0.4) is 0 Å². The molecule has 1 aromatic carbocycles. The van der Waals surface area contributed by atoms with Crippen molar-refractivity contribution >= 4 is 0 Å². The van der Waals surface area contributed by atoms with E-state index in [9.17, 15) is 0 Å². The zero-order chi connectivity index (χ0) is 13.1. The van der Waals surface area contributed by atoms with Crippen LogP contribution >= 0.6 is 0 Å². The van der Waals surface area contributed by atoms with Gasteiger partial charge in [0.25, 0.3) is 0 Å². The molecule has 0 amide bonds. The number of benzene rings is 1. The average Bonchev–Trinajstić information content (AvgIpc) is 3.07. The summed E-state index contributed by atoms with van der Waals surface area (Å²) >= 11 is 0. The van der Waals surface area contributed by atoms with Gasteiger partial charge in [-0.15, -0.1) is 0 Å². The van der Waals surface area contributed by atoms with Gasteiger partial charge in [0, 0.05) is 18.4 Å². The summed E-state index contributed by atoms with van der Waals surface area (Å²) in [6.07, 6.45) is 7.82. The third kappa shape index (κ3) is 2.49. The number of hydrogen-bond acceptors (Lipinski definition) is 3. The highest BCUT2D eigenvalue weighted by Crippen LogP contribution is 2.36. The summed E-state index contributed by atoms with van der Waals surface area (Å²) in [5, 5.41) is 3.36. The molecule has 0 bridgehead atoms. The van der Waals surface area contributed by atoms with E-state index in [1.54, 1.807) is 6.20 Å². The zero-order valence-corrected chi connectivity index (χ0v) is 11.2. The topological polar surface area (TPSA) is 39.1 Å². The van der Waals surface area contributed by atoms with Crippen molar-refractivity contribution in [2.75, 3.05) is 13.7 Å². The SMILES string of the molecule is CNC1CCc2c(OCCn3ccnc3)cccc21. The van der Waals surface area contributed by atoms with E-state index >= 15 is 0 Å². The molecule has 1 heterocycles. The fourth-order valence-electron chi connectivity index (χ4n) is 2.74. The van der Waals surface area contributed by atoms with Crippen molar-refractivity contribution in [3.63, 3.8) is 0 Å². The van der Waals surface area contributed by atoms with E-state index in [-0.39, 0.29) is 0 Å². The molecule has 100 valence electrons. The Morgan fingerprint density at radius 2 is 2.42 bits per heavy atom. The van der Waals surface area contributed by atoms with Gasteiger partial charge in [-0.25, -0.2) is 4.98 Å². The third-order valence-electron chi connectivity index (χ3n) is 3.74. The number of nitrogens with one attached hydrogen (secondary N) is 1. The van der Waals surface area contributed by atoms with Crippen molar-refractivity contribution in [2.45, 2.75) is 25.4 Å². The summed E-state index contributed by atoms with van der Waals surface area (Å²) < 4.78 is 7.97. The molecule has 2 aromatic rings. The van der Waals surface area contributed by atoms with Gasteiger partial charge in [0.1, 0.15) is 12.4 Å². The summed E-state index contributed by atoms with van der Waals surface area (Å²) in [7, 11) is 2.02. The Labute approximate surface area is 113 Å². The van der Waals surface area contributed by atoms with Crippen LogP contribution in [-0.4, -0.2) is 23.2 Å². The standard InChI is InChI=1S/C15H19N3O/c1-16-14-6-5-13-12(14)3-2-4-15(13)19-10-9-18-8-7-17-11-18/h2-4,7-8,11,14,16H,5-6,9-10H2,1H3. The lowest BCUT2D eigenvalue weighted by Crippen LogP contribution is -2.12. The maximum absolute atomic E-state index is 5.94. The fraction of sp³-hybridized carbons (Fsp3) is 0.400. The van der Waals surface area contributed by atoms with Crippen LogP contribution in [0.25, 0.3) is 0 Å². The van der Waals surface area contributed by atoms with E-state index in [1.165, 1.54) is 11.1 Å². The molecule has 1 aliphatic carbocycles. The molecule has 1 aromatic heterocycles. The minimum absolute atomic E-state index is 0.479. The number of aromatic nitrogens is 2. The van der Waals surface area contributed by atoms with E-state index in [0.717, 1.165) is 25.1 Å². The molecule has 19 heavy (non-hydrogen) atoms. The smallest absolute Gasteiger partial charge is 0.122 e. The van der Waals surface area contributed by atoms with Crippen LogP contribution in [-0.2, 0) is 13.0 Å². The van der Waals surface area contributed by atoms with E-state index in [1.807, 2.05) is 24.1 Å². The van der Waals surface area contributed by atoms with Crippen molar-refractivity contribution in [1.82, 2.24) is 14.9 Å². The van der Waals surface area contributed by atoms with E-state index < -0.39 is 0 Å². The summed E-state index contributed by atoms with van der Waals surface area (Å²) in [4.78, 5) is 4.03. The number of rotatable bonds is 5. The Hall–Kier alpha value is -1.81. The summed E-state index contributed by atoms with van der Waals surface area (Å²) in [6.45, 7) is 1.51. The van der Waals surface area contributed by atoms with Crippen molar-refractivity contribution < 1.29 is 4.74 Å². The van der Waals surface area contributed by atoms with Gasteiger partial charge < -0.3 is 14.6 Å². The maximum atomic E-state index is 5.94. The predicted molar refractivity (Wildman–Crippen MR) is 74.3 cm³/mol. The van der Waals surface area contributed by atoms with Crippen LogP contribution in [0.1, 0.15) is 23.6 Å². The first-order chi connectivity index (χ1) is 9.38. The summed E-state index contributed by atoms with van der Waals surface area (Å²) in [5.74, 6) is 1.04. The maximum Gasteiger partial charge on any atom is 0.122 e. The lowest BCUT2D eigenvalue weighted by Gasteiger charge is -2.13. The number of ether oxygens (including phenoxy) is 1. The first-order valence-corrected chi connectivity index (χ1v) is 6.76. The van der Waals surface area contributed by atoms with Crippen LogP contribution in [0.2, 0.25) is 0 Å². The second-order valence-corrected chi connectivity index (χ2v) is 4.85. The first-order valence-electron chi connectivity index (χ1n) is 6.76. The average molecular weight is 257 g/mol. The quantitative estimate of drug-likeness (QED) is 0.892. The van der Waals surface area contributed by atoms with Crippen molar-refractivity contribution in [3.8, 4) is 5.75 Å². The van der Waals surface area contributed by atoms with Crippen LogP contribution < -0.4 is 10.1 Å². The molecule has 0 spiro atoms. The van der Waals surface area contributed by atoms with Gasteiger partial charge in [0.2, 0.25) is 0 Å². The molecular formula is C15H19N3O. The van der Waals surface area contributed by atoms with Gasteiger partial charge >= 0.3 is 0 Å². The van der Waals surface area contributed by atoms with E-state index in [0.29, 0.717) is 12.6 Å². The van der Waals surface area contributed by atoms with E-state index in [4.69, 9.17) is 4.74 Å². The summed E-state index contributed by atoms with van der Waals surface area (Å²) in [5.41, 5.74) is 2.76. The van der Waals surface area contributed by atoms with Crippen LogP contribution in [0, 0.1) is 0 Å². The Bertz CT molecular complexity index is 536. The third-order valence-corrected chi connectivity index (χ3v) is 3.74. The Morgan fingerprint density at radius 1 is 1.47 bits per heavy atom. The van der Waals surface area contributed by atoms with Crippen LogP contribution in [0.4, 0.5) is 0 Å². The summed E-state index contributed by atoms with van der Waals surface area (Å²) in [6, 6.07) is 6.84. The molecule has 4 heteroatoms. The predicted octanol–water partition coefficient (Wildman–Crippen LogP) is 2.17. The molecule has 0 saturated heterocycles. The van der Waals surface area contributed by atoms with Gasteiger partial charge in [0.15, 0.2) is 0 Å². The second kappa shape index (κ2) is 5.45. The van der Waals surface area contributed by atoms with Crippen LogP contribution in [0.15, 0.2) is 36.9 Å². The van der Waals surface area contributed by atoms with E-state index in [2.05, 4.69) is 28.5 Å². The Balaban J connectivity index is 1.67. The fourth-order valence-corrected chi connectivity index (χ4v) is 2.74. The molecular weight excluding hydrogens is 238 g/mol. The molecule has 1 atom stereocenters. The molecule has 0 fully saturated rings. The van der Waals surface area contributed by atoms with Crippen molar-refractivity contribution in [2.24, 2.45) is 0 Å². The highest BCUT2D eigenvalue weighted by atomic mass is 16.5. The van der Waals surface area contributed by atoms with Gasteiger partial charge in [-0.2, -0.15) is 0 Å². The van der Waals surface area contributed by atoms with Crippen molar-refractivity contribution in [1.29, 1.82) is 0 Å². The van der Waals surface area contributed by atoms with Gasteiger partial charge in [-0.1, -0.05) is 12.1 Å². The number of imidazole rings is 1. The number of hydrogen-bond donors (Lipinski definition) is 1.